The first-order valence-electron chi connectivity index (χ1n) is 6.33. The van der Waals surface area contributed by atoms with Crippen molar-refractivity contribution in [2.75, 3.05) is 0 Å². The summed E-state index contributed by atoms with van der Waals surface area (Å²) in [7, 11) is 0. The van der Waals surface area contributed by atoms with Crippen LogP contribution in [0.2, 0.25) is 0 Å². The second kappa shape index (κ2) is 5.49. The maximum absolute atomic E-state index is 13.4. The van der Waals surface area contributed by atoms with Crippen LogP contribution in [0.1, 0.15) is 24.5 Å². The van der Waals surface area contributed by atoms with Gasteiger partial charge < -0.3 is 5.73 Å². The largest absolute Gasteiger partial charge is 0.321 e. The van der Waals surface area contributed by atoms with E-state index >= 15 is 0 Å². The van der Waals surface area contributed by atoms with E-state index < -0.39 is 17.2 Å². The van der Waals surface area contributed by atoms with Crippen LogP contribution in [0.3, 0.4) is 0 Å². The Morgan fingerprint density at radius 3 is 2.26 bits per heavy atom. The van der Waals surface area contributed by atoms with Crippen molar-refractivity contribution in [2.45, 2.75) is 25.3 Å². The zero-order chi connectivity index (χ0) is 13.9. The highest BCUT2D eigenvalue weighted by atomic mass is 19.2. The van der Waals surface area contributed by atoms with Crippen LogP contribution in [0.4, 0.5) is 8.78 Å². The number of hydrogen-bond acceptors (Lipinski definition) is 1. The predicted octanol–water partition coefficient (Wildman–Crippen LogP) is 3.77. The molecule has 0 saturated carbocycles. The minimum atomic E-state index is -0.853. The lowest BCUT2D eigenvalue weighted by Crippen LogP contribution is -2.38. The average molecular weight is 261 g/mol. The molecular formula is C16H17F2N. The monoisotopic (exact) mass is 261 g/mol. The smallest absolute Gasteiger partial charge is 0.159 e. The number of halogens is 2. The highest BCUT2D eigenvalue weighted by Crippen LogP contribution is 2.27. The molecule has 0 aromatic heterocycles. The molecule has 3 heteroatoms. The van der Waals surface area contributed by atoms with Gasteiger partial charge in [0.2, 0.25) is 0 Å². The molecule has 0 bridgehead atoms. The highest BCUT2D eigenvalue weighted by molar-refractivity contribution is 5.29. The van der Waals surface area contributed by atoms with Gasteiger partial charge in [-0.25, -0.2) is 8.78 Å². The summed E-state index contributed by atoms with van der Waals surface area (Å²) in [5, 5.41) is 0. The van der Waals surface area contributed by atoms with Gasteiger partial charge in [-0.1, -0.05) is 43.3 Å². The fourth-order valence-electron chi connectivity index (χ4n) is 2.20. The summed E-state index contributed by atoms with van der Waals surface area (Å²) < 4.78 is 26.4. The normalized spacial score (nSPS) is 14.1. The van der Waals surface area contributed by atoms with Gasteiger partial charge in [-0.2, -0.15) is 0 Å². The van der Waals surface area contributed by atoms with Crippen LogP contribution in [0.5, 0.6) is 0 Å². The van der Waals surface area contributed by atoms with E-state index in [9.17, 15) is 8.78 Å². The van der Waals surface area contributed by atoms with E-state index in [1.807, 2.05) is 37.3 Å². The van der Waals surface area contributed by atoms with E-state index in [-0.39, 0.29) is 0 Å². The molecule has 0 amide bonds. The quantitative estimate of drug-likeness (QED) is 0.890. The minimum Gasteiger partial charge on any atom is -0.321 e. The molecule has 0 fully saturated rings. The Morgan fingerprint density at radius 2 is 1.68 bits per heavy atom. The summed E-state index contributed by atoms with van der Waals surface area (Å²) in [4.78, 5) is 0. The van der Waals surface area contributed by atoms with Crippen molar-refractivity contribution in [3.05, 3.63) is 71.3 Å². The minimum absolute atomic E-state index is 0.593. The van der Waals surface area contributed by atoms with Gasteiger partial charge in [-0.3, -0.25) is 0 Å². The summed E-state index contributed by atoms with van der Waals surface area (Å²) >= 11 is 0. The molecule has 0 heterocycles. The number of rotatable bonds is 4. The van der Waals surface area contributed by atoms with Crippen molar-refractivity contribution in [2.24, 2.45) is 5.73 Å². The zero-order valence-corrected chi connectivity index (χ0v) is 10.9. The Morgan fingerprint density at radius 1 is 1.00 bits per heavy atom. The molecule has 2 N–H and O–H groups in total. The summed E-state index contributed by atoms with van der Waals surface area (Å²) in [6.07, 6.45) is 1.24. The van der Waals surface area contributed by atoms with Crippen LogP contribution in [0.25, 0.3) is 0 Å². The molecule has 0 aliphatic rings. The number of hydrogen-bond donors (Lipinski definition) is 1. The first-order valence-corrected chi connectivity index (χ1v) is 6.33. The van der Waals surface area contributed by atoms with Gasteiger partial charge in [0.1, 0.15) is 0 Å². The van der Waals surface area contributed by atoms with Crippen LogP contribution in [-0.4, -0.2) is 0 Å². The van der Waals surface area contributed by atoms with Crippen LogP contribution in [0.15, 0.2) is 48.5 Å². The first-order chi connectivity index (χ1) is 9.05. The predicted molar refractivity (Wildman–Crippen MR) is 72.7 cm³/mol. The molecule has 2 rings (SSSR count). The van der Waals surface area contributed by atoms with Gasteiger partial charge in [-0.05, 0) is 36.1 Å². The lowest BCUT2D eigenvalue weighted by molar-refractivity contribution is 0.418. The van der Waals surface area contributed by atoms with E-state index in [4.69, 9.17) is 5.73 Å². The summed E-state index contributed by atoms with van der Waals surface area (Å²) in [6.45, 7) is 1.95. The van der Waals surface area contributed by atoms with Gasteiger partial charge in [-0.15, -0.1) is 0 Å². The van der Waals surface area contributed by atoms with Crippen LogP contribution < -0.4 is 5.73 Å². The third-order valence-electron chi connectivity index (χ3n) is 3.49. The second-order valence-electron chi connectivity index (χ2n) is 4.80. The molecule has 1 unspecified atom stereocenters. The molecule has 0 spiro atoms. The molecule has 0 radical (unpaired) electrons. The molecule has 0 aliphatic carbocycles. The van der Waals surface area contributed by atoms with Crippen molar-refractivity contribution in [3.63, 3.8) is 0 Å². The van der Waals surface area contributed by atoms with Crippen LogP contribution in [-0.2, 0) is 12.0 Å². The van der Waals surface area contributed by atoms with Crippen LogP contribution >= 0.6 is 0 Å². The maximum atomic E-state index is 13.4. The third kappa shape index (κ3) is 2.99. The third-order valence-corrected chi connectivity index (χ3v) is 3.49. The van der Waals surface area contributed by atoms with Crippen molar-refractivity contribution in [1.29, 1.82) is 0 Å². The maximum Gasteiger partial charge on any atom is 0.159 e. The fourth-order valence-corrected chi connectivity index (χ4v) is 2.20. The highest BCUT2D eigenvalue weighted by Gasteiger charge is 2.26. The lowest BCUT2D eigenvalue weighted by atomic mass is 9.82. The zero-order valence-electron chi connectivity index (χ0n) is 10.9. The summed E-state index contributed by atoms with van der Waals surface area (Å²) in [6, 6.07) is 13.7. The Balaban J connectivity index is 2.33. The van der Waals surface area contributed by atoms with E-state index in [2.05, 4.69) is 0 Å². The van der Waals surface area contributed by atoms with Crippen molar-refractivity contribution < 1.29 is 8.78 Å². The summed E-state index contributed by atoms with van der Waals surface area (Å²) in [5.41, 5.74) is 7.40. The van der Waals surface area contributed by atoms with E-state index in [1.165, 1.54) is 6.07 Å². The average Bonchev–Trinajstić information content (AvgIpc) is 2.43. The molecule has 1 nitrogen and oxygen atoms in total. The van der Waals surface area contributed by atoms with Crippen LogP contribution in [0, 0.1) is 11.6 Å². The molecule has 100 valence electrons. The fraction of sp³-hybridized carbons (Fsp3) is 0.250. The number of nitrogens with two attached hydrogens (primary N) is 1. The van der Waals surface area contributed by atoms with Gasteiger partial charge in [0.25, 0.3) is 0 Å². The van der Waals surface area contributed by atoms with Crippen molar-refractivity contribution >= 4 is 0 Å². The van der Waals surface area contributed by atoms with Gasteiger partial charge >= 0.3 is 0 Å². The topological polar surface area (TPSA) is 26.0 Å². The van der Waals surface area contributed by atoms with E-state index in [0.717, 1.165) is 11.6 Å². The van der Waals surface area contributed by atoms with Gasteiger partial charge in [0.15, 0.2) is 11.6 Å². The molecular weight excluding hydrogens is 244 g/mol. The van der Waals surface area contributed by atoms with E-state index in [0.29, 0.717) is 18.4 Å². The van der Waals surface area contributed by atoms with Crippen molar-refractivity contribution in [1.82, 2.24) is 0 Å². The van der Waals surface area contributed by atoms with Gasteiger partial charge in [0.05, 0.1) is 0 Å². The second-order valence-corrected chi connectivity index (χ2v) is 4.80. The lowest BCUT2D eigenvalue weighted by Gasteiger charge is -2.29. The summed E-state index contributed by atoms with van der Waals surface area (Å²) in [5.74, 6) is -1.70. The molecule has 0 saturated heterocycles. The Kier molecular flexibility index (Phi) is 3.96. The SMILES string of the molecule is CCC(N)(Cc1ccccc1)c1ccc(F)c(F)c1. The number of benzene rings is 2. The van der Waals surface area contributed by atoms with Gasteiger partial charge in [0, 0.05) is 5.54 Å². The molecule has 19 heavy (non-hydrogen) atoms. The first kappa shape index (κ1) is 13.7. The Labute approximate surface area is 112 Å². The molecule has 2 aromatic carbocycles. The molecule has 1 atom stereocenters. The molecule has 2 aromatic rings. The Hall–Kier alpha value is -1.74. The standard InChI is InChI=1S/C16H17F2N/c1-2-16(19,11-12-6-4-3-5-7-12)13-8-9-14(17)15(18)10-13/h3-10H,2,11,19H2,1H3. The van der Waals surface area contributed by atoms with E-state index in [1.54, 1.807) is 6.07 Å². The Bertz CT molecular complexity index is 554. The van der Waals surface area contributed by atoms with Crippen molar-refractivity contribution in [3.8, 4) is 0 Å². The molecule has 0 aliphatic heterocycles.